The highest BCUT2D eigenvalue weighted by Gasteiger charge is 2.34. The van der Waals surface area contributed by atoms with Gasteiger partial charge in [-0.1, -0.05) is 0 Å². The standard InChI is InChI=1S/C16H29NO9S/c1-11(2)24-15(20)26-13(4)25-14(19)16(5,6)10-23-27(21,22)9-7-8-17-12(3)18/h11,13H,7-10H2,1-6H3,(H,17,18). The lowest BCUT2D eigenvalue weighted by molar-refractivity contribution is -0.180. The Morgan fingerprint density at radius 1 is 1.04 bits per heavy atom. The molecule has 0 aliphatic rings. The molecule has 0 rings (SSSR count). The molecule has 1 N–H and O–H groups in total. The maximum absolute atomic E-state index is 12.2. The Bertz CT molecular complexity index is 613. The van der Waals surface area contributed by atoms with E-state index in [1.165, 1.54) is 27.7 Å². The molecule has 0 aliphatic heterocycles. The average Bonchev–Trinajstić information content (AvgIpc) is 2.48. The van der Waals surface area contributed by atoms with Crippen LogP contribution in [0.2, 0.25) is 0 Å². The van der Waals surface area contributed by atoms with Gasteiger partial charge in [-0.05, 0) is 34.1 Å². The van der Waals surface area contributed by atoms with E-state index in [4.69, 9.17) is 18.4 Å². The van der Waals surface area contributed by atoms with Crippen LogP contribution in [0.3, 0.4) is 0 Å². The fourth-order valence-corrected chi connectivity index (χ4v) is 2.65. The topological polar surface area (TPSA) is 134 Å². The van der Waals surface area contributed by atoms with Crippen molar-refractivity contribution in [1.29, 1.82) is 0 Å². The molecule has 158 valence electrons. The molecule has 1 atom stereocenters. The Kier molecular flexibility index (Phi) is 10.3. The first-order valence-corrected chi connectivity index (χ1v) is 10.0. The van der Waals surface area contributed by atoms with Gasteiger partial charge in [0, 0.05) is 20.4 Å². The zero-order valence-corrected chi connectivity index (χ0v) is 17.4. The summed E-state index contributed by atoms with van der Waals surface area (Å²) in [6.07, 6.45) is -2.41. The largest absolute Gasteiger partial charge is 0.511 e. The molecule has 0 saturated heterocycles. The Hall–Kier alpha value is -1.88. The second-order valence-corrected chi connectivity index (χ2v) is 8.51. The third kappa shape index (κ3) is 12.2. The van der Waals surface area contributed by atoms with Crippen molar-refractivity contribution in [1.82, 2.24) is 5.32 Å². The van der Waals surface area contributed by atoms with Crippen LogP contribution in [0.1, 0.15) is 48.0 Å². The van der Waals surface area contributed by atoms with Gasteiger partial charge in [-0.3, -0.25) is 13.8 Å². The Morgan fingerprint density at radius 3 is 2.15 bits per heavy atom. The van der Waals surface area contributed by atoms with Gasteiger partial charge >= 0.3 is 12.1 Å². The number of amides is 1. The fraction of sp³-hybridized carbons (Fsp3) is 0.812. The smallest absolute Gasteiger partial charge is 0.431 e. The molecule has 0 aliphatic carbocycles. The summed E-state index contributed by atoms with van der Waals surface area (Å²) in [5, 5.41) is 2.47. The maximum atomic E-state index is 12.2. The van der Waals surface area contributed by atoms with Gasteiger partial charge in [-0.15, -0.1) is 0 Å². The summed E-state index contributed by atoms with van der Waals surface area (Å²) in [7, 11) is -3.87. The molecule has 11 heteroatoms. The van der Waals surface area contributed by atoms with Crippen LogP contribution in [-0.4, -0.2) is 57.7 Å². The van der Waals surface area contributed by atoms with Crippen molar-refractivity contribution in [3.8, 4) is 0 Å². The van der Waals surface area contributed by atoms with E-state index in [2.05, 4.69) is 5.32 Å². The maximum Gasteiger partial charge on any atom is 0.511 e. The molecule has 0 bridgehead atoms. The molecule has 10 nitrogen and oxygen atoms in total. The van der Waals surface area contributed by atoms with E-state index < -0.39 is 40.6 Å². The molecule has 0 aromatic carbocycles. The highest BCUT2D eigenvalue weighted by Crippen LogP contribution is 2.20. The van der Waals surface area contributed by atoms with Crippen LogP contribution in [-0.2, 0) is 38.1 Å². The van der Waals surface area contributed by atoms with Gasteiger partial charge in [0.25, 0.3) is 10.1 Å². The Morgan fingerprint density at radius 2 is 1.63 bits per heavy atom. The lowest BCUT2D eigenvalue weighted by atomic mass is 9.95. The molecular weight excluding hydrogens is 382 g/mol. The molecular formula is C16H29NO9S. The first-order chi connectivity index (χ1) is 12.2. The number of carbonyl (C=O) groups excluding carboxylic acids is 3. The second kappa shape index (κ2) is 11.1. The zero-order chi connectivity index (χ0) is 21.3. The molecule has 1 unspecified atom stereocenters. The number of ether oxygens (including phenoxy) is 3. The van der Waals surface area contributed by atoms with Gasteiger partial charge in [0.2, 0.25) is 12.2 Å². The molecule has 0 fully saturated rings. The zero-order valence-electron chi connectivity index (χ0n) is 16.6. The minimum Gasteiger partial charge on any atom is -0.431 e. The van der Waals surface area contributed by atoms with E-state index >= 15 is 0 Å². The molecule has 0 aromatic rings. The van der Waals surface area contributed by atoms with Crippen molar-refractivity contribution in [2.45, 2.75) is 60.4 Å². The summed E-state index contributed by atoms with van der Waals surface area (Å²) < 4.78 is 43.0. The van der Waals surface area contributed by atoms with Crippen LogP contribution >= 0.6 is 0 Å². The summed E-state index contributed by atoms with van der Waals surface area (Å²) in [6.45, 7) is 8.54. The van der Waals surface area contributed by atoms with E-state index in [-0.39, 0.29) is 30.7 Å². The minimum atomic E-state index is -3.87. The van der Waals surface area contributed by atoms with Crippen LogP contribution in [0.5, 0.6) is 0 Å². The summed E-state index contributed by atoms with van der Waals surface area (Å²) in [4.78, 5) is 34.2. The van der Waals surface area contributed by atoms with Gasteiger partial charge < -0.3 is 19.5 Å². The third-order valence-electron chi connectivity index (χ3n) is 2.96. The van der Waals surface area contributed by atoms with Gasteiger partial charge in [0.05, 0.1) is 23.9 Å². The molecule has 27 heavy (non-hydrogen) atoms. The number of esters is 1. The normalized spacial score (nSPS) is 13.0. The third-order valence-corrected chi connectivity index (χ3v) is 4.23. The van der Waals surface area contributed by atoms with E-state index in [1.807, 2.05) is 0 Å². The highest BCUT2D eigenvalue weighted by molar-refractivity contribution is 7.86. The van der Waals surface area contributed by atoms with Crippen molar-refractivity contribution in [3.05, 3.63) is 0 Å². The number of nitrogens with one attached hydrogen (secondary N) is 1. The van der Waals surface area contributed by atoms with Crippen LogP contribution in [0.15, 0.2) is 0 Å². The molecule has 1 amide bonds. The molecule has 0 spiro atoms. The SMILES string of the molecule is CC(=O)NCCCS(=O)(=O)OCC(C)(C)C(=O)OC(C)OC(=O)OC(C)C. The summed E-state index contributed by atoms with van der Waals surface area (Å²) in [6, 6.07) is 0. The van der Waals surface area contributed by atoms with Gasteiger partial charge in [0.1, 0.15) is 0 Å². The van der Waals surface area contributed by atoms with Crippen LogP contribution < -0.4 is 5.32 Å². The van der Waals surface area contributed by atoms with Crippen LogP contribution in [0.4, 0.5) is 4.79 Å². The first-order valence-electron chi connectivity index (χ1n) is 8.45. The number of hydrogen-bond acceptors (Lipinski definition) is 9. The fourth-order valence-electron chi connectivity index (χ4n) is 1.56. The Labute approximate surface area is 160 Å². The molecule has 0 heterocycles. The summed E-state index contributed by atoms with van der Waals surface area (Å²) in [5.74, 6) is -1.37. The van der Waals surface area contributed by atoms with Crippen molar-refractivity contribution >= 4 is 28.1 Å². The van der Waals surface area contributed by atoms with Crippen molar-refractivity contribution in [2.24, 2.45) is 5.41 Å². The highest BCUT2D eigenvalue weighted by atomic mass is 32.2. The van der Waals surface area contributed by atoms with E-state index in [1.54, 1.807) is 13.8 Å². The number of hydrogen-bond donors (Lipinski definition) is 1. The summed E-state index contributed by atoms with van der Waals surface area (Å²) >= 11 is 0. The Balaban J connectivity index is 4.44. The quantitative estimate of drug-likeness (QED) is 0.231. The molecule has 0 saturated carbocycles. The van der Waals surface area contributed by atoms with E-state index in [0.717, 1.165) is 0 Å². The van der Waals surface area contributed by atoms with Gasteiger partial charge in [-0.25, -0.2) is 4.79 Å². The van der Waals surface area contributed by atoms with Crippen molar-refractivity contribution < 1.29 is 41.2 Å². The first kappa shape index (κ1) is 25.1. The number of carbonyl (C=O) groups is 3. The average molecular weight is 411 g/mol. The minimum absolute atomic E-state index is 0.176. The number of rotatable bonds is 11. The molecule has 0 radical (unpaired) electrons. The van der Waals surface area contributed by atoms with Crippen LogP contribution in [0.25, 0.3) is 0 Å². The monoisotopic (exact) mass is 411 g/mol. The van der Waals surface area contributed by atoms with Crippen molar-refractivity contribution in [2.75, 3.05) is 18.9 Å². The lowest BCUT2D eigenvalue weighted by Crippen LogP contribution is -2.36. The van der Waals surface area contributed by atoms with Gasteiger partial charge in [-0.2, -0.15) is 8.42 Å². The van der Waals surface area contributed by atoms with Crippen LogP contribution in [0, 0.1) is 5.41 Å². The van der Waals surface area contributed by atoms with Crippen molar-refractivity contribution in [3.63, 3.8) is 0 Å². The predicted octanol–water partition coefficient (Wildman–Crippen LogP) is 1.34. The predicted molar refractivity (Wildman–Crippen MR) is 95.1 cm³/mol. The van der Waals surface area contributed by atoms with Gasteiger partial charge in [0.15, 0.2) is 0 Å². The second-order valence-electron chi connectivity index (χ2n) is 6.75. The lowest BCUT2D eigenvalue weighted by Gasteiger charge is -2.24. The molecule has 0 aromatic heterocycles. The van der Waals surface area contributed by atoms with E-state index in [0.29, 0.717) is 0 Å². The summed E-state index contributed by atoms with van der Waals surface area (Å²) in [5.41, 5.74) is -1.30. The van der Waals surface area contributed by atoms with E-state index in [9.17, 15) is 22.8 Å².